The fourth-order valence-corrected chi connectivity index (χ4v) is 4.76. The van der Waals surface area contributed by atoms with Crippen molar-refractivity contribution in [3.8, 4) is 6.07 Å². The fourth-order valence-electron chi connectivity index (χ4n) is 3.70. The summed E-state index contributed by atoms with van der Waals surface area (Å²) in [7, 11) is -1.91. The van der Waals surface area contributed by atoms with E-state index in [-0.39, 0.29) is 16.8 Å². The van der Waals surface area contributed by atoms with E-state index in [0.29, 0.717) is 16.7 Å². The molecule has 0 radical (unpaired) electrons. The fraction of sp³-hybridized carbons (Fsp3) is 0.318. The average molecular weight is 425 g/mol. The van der Waals surface area contributed by atoms with E-state index < -0.39 is 26.5 Å². The second-order valence-corrected chi connectivity index (χ2v) is 10.4. The predicted molar refractivity (Wildman–Crippen MR) is 114 cm³/mol. The zero-order valence-corrected chi connectivity index (χ0v) is 18.1. The van der Waals surface area contributed by atoms with Gasteiger partial charge in [-0.05, 0) is 56.2 Å². The van der Waals surface area contributed by atoms with Gasteiger partial charge in [-0.3, -0.25) is 15.1 Å². The first-order valence-corrected chi connectivity index (χ1v) is 11.1. The van der Waals surface area contributed by atoms with Crippen LogP contribution in [0.15, 0.2) is 53.4 Å². The molecular formula is C22H24N4O3S. The van der Waals surface area contributed by atoms with E-state index in [2.05, 4.69) is 11.4 Å². The lowest BCUT2D eigenvalue weighted by Gasteiger charge is -2.46. The van der Waals surface area contributed by atoms with Gasteiger partial charge in [-0.1, -0.05) is 24.3 Å². The molecule has 7 nitrogen and oxygen atoms in total. The highest BCUT2D eigenvalue weighted by Gasteiger charge is 2.48. The second kappa shape index (κ2) is 7.58. The first-order valence-electron chi connectivity index (χ1n) is 9.51. The molecule has 0 unspecified atom stereocenters. The Kier molecular flexibility index (Phi) is 5.44. The van der Waals surface area contributed by atoms with Crippen LogP contribution in [0.3, 0.4) is 0 Å². The molecule has 2 aromatic carbocycles. The lowest BCUT2D eigenvalue weighted by molar-refractivity contribution is -0.131. The third kappa shape index (κ3) is 3.46. The van der Waals surface area contributed by atoms with Crippen molar-refractivity contribution >= 4 is 21.7 Å². The van der Waals surface area contributed by atoms with E-state index in [9.17, 15) is 18.5 Å². The van der Waals surface area contributed by atoms with Crippen LogP contribution in [0.5, 0.6) is 0 Å². The van der Waals surface area contributed by atoms with E-state index in [4.69, 9.17) is 5.41 Å². The van der Waals surface area contributed by atoms with Gasteiger partial charge in [-0.15, -0.1) is 0 Å². The molecule has 2 aromatic rings. The summed E-state index contributed by atoms with van der Waals surface area (Å²) in [5, 5.41) is 20.0. The smallest absolute Gasteiger partial charge is 0.239 e. The lowest BCUT2D eigenvalue weighted by atomic mass is 9.73. The maximum absolute atomic E-state index is 13.2. The quantitative estimate of drug-likeness (QED) is 0.783. The molecule has 0 aromatic heterocycles. The summed E-state index contributed by atoms with van der Waals surface area (Å²) in [6, 6.07) is 15.4. The van der Waals surface area contributed by atoms with Crippen molar-refractivity contribution in [1.82, 2.24) is 10.2 Å². The molecule has 0 bridgehead atoms. The molecule has 0 aliphatic carbocycles. The molecular weight excluding hydrogens is 400 g/mol. The van der Waals surface area contributed by atoms with Crippen molar-refractivity contribution in [3.05, 3.63) is 65.2 Å². The van der Waals surface area contributed by atoms with Crippen LogP contribution in [0.2, 0.25) is 0 Å². The molecule has 8 heteroatoms. The molecule has 1 amide bonds. The Labute approximate surface area is 176 Å². The van der Waals surface area contributed by atoms with E-state index in [1.807, 2.05) is 13.0 Å². The summed E-state index contributed by atoms with van der Waals surface area (Å²) in [5.74, 6) is -1.05. The van der Waals surface area contributed by atoms with Gasteiger partial charge in [0.2, 0.25) is 5.91 Å². The summed E-state index contributed by atoms with van der Waals surface area (Å²) in [6.45, 7) is 5.06. The summed E-state index contributed by atoms with van der Waals surface area (Å²) < 4.78 is 24.9. The highest BCUT2D eigenvalue weighted by Crippen LogP contribution is 2.41. The van der Waals surface area contributed by atoms with Crippen molar-refractivity contribution in [2.45, 2.75) is 42.4 Å². The van der Waals surface area contributed by atoms with Gasteiger partial charge in [0.05, 0.1) is 33.2 Å². The summed E-state index contributed by atoms with van der Waals surface area (Å²) in [5.41, 5.74) is 0.771. The number of carbonyl (C=O) groups excluding carboxylic acids is 1. The molecule has 1 aliphatic rings. The van der Waals surface area contributed by atoms with E-state index in [1.54, 1.807) is 44.2 Å². The Morgan fingerprint density at radius 2 is 1.83 bits per heavy atom. The Morgan fingerprint density at radius 3 is 2.40 bits per heavy atom. The molecule has 1 aliphatic heterocycles. The number of nitrogens with one attached hydrogen (secondary N) is 2. The number of carbonyl (C=O) groups is 1. The van der Waals surface area contributed by atoms with Crippen LogP contribution >= 0.6 is 0 Å². The van der Waals surface area contributed by atoms with Crippen LogP contribution in [-0.4, -0.2) is 37.5 Å². The number of hydrogen-bond donors (Lipinski definition) is 2. The molecule has 1 fully saturated rings. The van der Waals surface area contributed by atoms with Gasteiger partial charge in [0, 0.05) is 7.05 Å². The molecule has 30 heavy (non-hydrogen) atoms. The van der Waals surface area contributed by atoms with E-state index >= 15 is 0 Å². The van der Waals surface area contributed by atoms with Crippen LogP contribution in [0, 0.1) is 16.7 Å². The van der Waals surface area contributed by atoms with Crippen LogP contribution in [-0.2, 0) is 20.2 Å². The lowest BCUT2D eigenvalue weighted by Crippen LogP contribution is -2.62. The van der Waals surface area contributed by atoms with Crippen LogP contribution in [0.25, 0.3) is 0 Å². The van der Waals surface area contributed by atoms with Crippen LogP contribution in [0.1, 0.15) is 43.4 Å². The SMILES string of the molecule is CC(C)S(=O)(=O)c1ccc([C@@H]2C(=O)N(C)C(=N)N[C@]2(C)c2cccc(C#N)c2)cc1. The summed E-state index contributed by atoms with van der Waals surface area (Å²) in [6.07, 6.45) is 0. The standard InChI is InChI=1S/C22H24N4O3S/c1-14(2)30(28,29)18-10-8-16(9-11-18)19-20(27)26(4)21(24)25-22(19,3)17-7-5-6-15(12-17)13-23/h5-12,14,19H,1-4H3,(H2,24,25)/t19-,22-/m1/s1. The number of hydrogen-bond acceptors (Lipinski definition) is 5. The minimum Gasteiger partial charge on any atom is -0.346 e. The zero-order chi connectivity index (χ0) is 22.3. The van der Waals surface area contributed by atoms with Crippen molar-refractivity contribution in [2.24, 2.45) is 0 Å². The molecule has 0 spiro atoms. The van der Waals surface area contributed by atoms with Crippen molar-refractivity contribution < 1.29 is 13.2 Å². The van der Waals surface area contributed by atoms with Crippen molar-refractivity contribution in [1.29, 1.82) is 10.7 Å². The minimum atomic E-state index is -3.43. The number of sulfone groups is 1. The average Bonchev–Trinajstić information content (AvgIpc) is 2.72. The Hall–Kier alpha value is -3.18. The van der Waals surface area contributed by atoms with Gasteiger partial charge in [0.15, 0.2) is 15.8 Å². The van der Waals surface area contributed by atoms with Crippen LogP contribution < -0.4 is 5.32 Å². The Bertz CT molecular complexity index is 1150. The van der Waals surface area contributed by atoms with Crippen LogP contribution in [0.4, 0.5) is 0 Å². The molecule has 156 valence electrons. The van der Waals surface area contributed by atoms with Gasteiger partial charge < -0.3 is 5.32 Å². The number of likely N-dealkylation sites (N-methyl/N-ethyl adjacent to an activating group) is 1. The van der Waals surface area contributed by atoms with Gasteiger partial charge in [-0.25, -0.2) is 8.42 Å². The minimum absolute atomic E-state index is 0.0416. The summed E-state index contributed by atoms with van der Waals surface area (Å²) in [4.78, 5) is 14.7. The monoisotopic (exact) mass is 424 g/mol. The Morgan fingerprint density at radius 1 is 1.20 bits per heavy atom. The number of benzene rings is 2. The largest absolute Gasteiger partial charge is 0.346 e. The number of amides is 1. The molecule has 2 N–H and O–H groups in total. The van der Waals surface area contributed by atoms with E-state index in [1.165, 1.54) is 24.1 Å². The number of rotatable bonds is 4. The maximum atomic E-state index is 13.2. The molecule has 3 rings (SSSR count). The number of guanidine groups is 1. The molecule has 1 saturated heterocycles. The van der Waals surface area contributed by atoms with E-state index in [0.717, 1.165) is 0 Å². The first kappa shape index (κ1) is 21.5. The van der Waals surface area contributed by atoms with Gasteiger partial charge in [0.1, 0.15) is 0 Å². The predicted octanol–water partition coefficient (Wildman–Crippen LogP) is 2.74. The van der Waals surface area contributed by atoms with Gasteiger partial charge in [0.25, 0.3) is 0 Å². The third-order valence-corrected chi connectivity index (χ3v) is 7.79. The number of nitriles is 1. The first-order chi connectivity index (χ1) is 14.0. The third-order valence-electron chi connectivity index (χ3n) is 5.62. The normalized spacial score (nSPS) is 22.0. The van der Waals surface area contributed by atoms with Gasteiger partial charge >= 0.3 is 0 Å². The molecule has 0 saturated carbocycles. The topological polar surface area (TPSA) is 114 Å². The number of nitrogens with zero attached hydrogens (tertiary/aromatic N) is 2. The van der Waals surface area contributed by atoms with Crippen molar-refractivity contribution in [2.75, 3.05) is 7.05 Å². The summed E-state index contributed by atoms with van der Waals surface area (Å²) >= 11 is 0. The zero-order valence-electron chi connectivity index (χ0n) is 17.3. The molecule has 1 heterocycles. The second-order valence-electron chi connectivity index (χ2n) is 7.86. The highest BCUT2D eigenvalue weighted by molar-refractivity contribution is 7.92. The van der Waals surface area contributed by atoms with Gasteiger partial charge in [-0.2, -0.15) is 5.26 Å². The maximum Gasteiger partial charge on any atom is 0.239 e. The Balaban J connectivity index is 2.14. The highest BCUT2D eigenvalue weighted by atomic mass is 32.2. The molecule has 2 atom stereocenters. The van der Waals surface area contributed by atoms with Crippen molar-refractivity contribution in [3.63, 3.8) is 0 Å².